The monoisotopic (exact) mass is 409 g/mol. The van der Waals surface area contributed by atoms with E-state index in [1.807, 2.05) is 0 Å². The van der Waals surface area contributed by atoms with E-state index in [1.165, 1.54) is 135 Å². The van der Waals surface area contributed by atoms with Gasteiger partial charge in [-0.3, -0.25) is 0 Å². The molecule has 0 aliphatic rings. The summed E-state index contributed by atoms with van der Waals surface area (Å²) in [6, 6.07) is 0. The summed E-state index contributed by atoms with van der Waals surface area (Å²) in [6.45, 7) is 15.9. The van der Waals surface area contributed by atoms with Crippen molar-refractivity contribution in [3.05, 3.63) is 0 Å². The Morgan fingerprint density at radius 3 is 1.55 bits per heavy atom. The van der Waals surface area contributed by atoms with Crippen LogP contribution in [0.3, 0.4) is 0 Å². The Hall–Kier alpha value is -0.0400. The van der Waals surface area contributed by atoms with Crippen LogP contribution < -0.4 is 0 Å². The molecule has 1 heteroatoms. The number of hydrogen-bond donors (Lipinski definition) is 0. The van der Waals surface area contributed by atoms with E-state index in [1.54, 1.807) is 0 Å². The van der Waals surface area contributed by atoms with Gasteiger partial charge >= 0.3 is 0 Å². The van der Waals surface area contributed by atoms with Gasteiger partial charge in [-0.05, 0) is 44.1 Å². The summed E-state index contributed by atoms with van der Waals surface area (Å²) in [5, 5.41) is 0. The van der Waals surface area contributed by atoms with Crippen molar-refractivity contribution < 1.29 is 0 Å². The van der Waals surface area contributed by atoms with Crippen LogP contribution in [-0.2, 0) is 0 Å². The van der Waals surface area contributed by atoms with Gasteiger partial charge in [0.25, 0.3) is 0 Å². The standard InChI is InChI=1S/C28H59N/c1-6-11-14-15-16-17-18-20-24-29(25-27(10-5)22-13-8-3)26-28(21-9-4)23-19-12-7-2/h27-28H,6-26H2,1-5H3. The molecule has 176 valence electrons. The fraction of sp³-hybridized carbons (Fsp3) is 1.00. The minimum Gasteiger partial charge on any atom is -0.303 e. The van der Waals surface area contributed by atoms with Gasteiger partial charge in [0, 0.05) is 13.1 Å². The maximum Gasteiger partial charge on any atom is 0.000977 e. The van der Waals surface area contributed by atoms with Gasteiger partial charge in [0.1, 0.15) is 0 Å². The Labute approximate surface area is 186 Å². The van der Waals surface area contributed by atoms with E-state index in [4.69, 9.17) is 0 Å². The molecule has 0 aromatic rings. The summed E-state index contributed by atoms with van der Waals surface area (Å²) < 4.78 is 0. The number of hydrogen-bond acceptors (Lipinski definition) is 1. The van der Waals surface area contributed by atoms with Crippen LogP contribution in [0.25, 0.3) is 0 Å². The molecule has 0 saturated heterocycles. The third-order valence-electron chi connectivity index (χ3n) is 6.82. The van der Waals surface area contributed by atoms with Crippen molar-refractivity contribution in [3.63, 3.8) is 0 Å². The highest BCUT2D eigenvalue weighted by Gasteiger charge is 2.17. The third-order valence-corrected chi connectivity index (χ3v) is 6.82. The number of rotatable bonds is 23. The van der Waals surface area contributed by atoms with Crippen molar-refractivity contribution in [2.24, 2.45) is 11.8 Å². The summed E-state index contributed by atoms with van der Waals surface area (Å²) >= 11 is 0. The highest BCUT2D eigenvalue weighted by Crippen LogP contribution is 2.21. The summed E-state index contributed by atoms with van der Waals surface area (Å²) in [4.78, 5) is 2.90. The van der Waals surface area contributed by atoms with Gasteiger partial charge in [-0.1, -0.05) is 125 Å². The Balaban J connectivity index is 4.48. The Morgan fingerprint density at radius 1 is 0.448 bits per heavy atom. The normalized spacial score (nSPS) is 13.9. The van der Waals surface area contributed by atoms with E-state index in [0.717, 1.165) is 11.8 Å². The molecule has 2 atom stereocenters. The maximum atomic E-state index is 2.90. The fourth-order valence-electron chi connectivity index (χ4n) is 4.79. The second kappa shape index (κ2) is 22.6. The van der Waals surface area contributed by atoms with Crippen LogP contribution in [-0.4, -0.2) is 24.5 Å². The van der Waals surface area contributed by atoms with Gasteiger partial charge in [-0.25, -0.2) is 0 Å². The van der Waals surface area contributed by atoms with Crippen LogP contribution in [0.4, 0.5) is 0 Å². The van der Waals surface area contributed by atoms with Crippen LogP contribution in [0.15, 0.2) is 0 Å². The quantitative estimate of drug-likeness (QED) is 0.152. The molecule has 0 heterocycles. The largest absolute Gasteiger partial charge is 0.303 e. The maximum absolute atomic E-state index is 2.90. The molecule has 0 N–H and O–H groups in total. The molecular weight excluding hydrogens is 350 g/mol. The van der Waals surface area contributed by atoms with Crippen molar-refractivity contribution >= 4 is 0 Å². The first kappa shape index (κ1) is 29.0. The Morgan fingerprint density at radius 2 is 0.966 bits per heavy atom. The minimum absolute atomic E-state index is 0.918. The molecule has 0 bridgehead atoms. The Kier molecular flexibility index (Phi) is 22.6. The first-order chi connectivity index (χ1) is 14.2. The van der Waals surface area contributed by atoms with E-state index < -0.39 is 0 Å². The summed E-state index contributed by atoms with van der Waals surface area (Å²) in [6.07, 6.45) is 25.5. The molecule has 0 aliphatic carbocycles. The SMILES string of the molecule is CCCCCCCCCCN(CC(CC)CCCC)CC(CCC)CCCCC. The van der Waals surface area contributed by atoms with Crippen molar-refractivity contribution in [1.29, 1.82) is 0 Å². The van der Waals surface area contributed by atoms with Gasteiger partial charge in [0.2, 0.25) is 0 Å². The predicted molar refractivity (Wildman–Crippen MR) is 135 cm³/mol. The molecule has 0 saturated carbocycles. The molecule has 0 aromatic heterocycles. The van der Waals surface area contributed by atoms with Gasteiger partial charge in [0.15, 0.2) is 0 Å². The molecule has 0 aliphatic heterocycles. The molecule has 0 aromatic carbocycles. The van der Waals surface area contributed by atoms with Gasteiger partial charge < -0.3 is 4.90 Å². The minimum atomic E-state index is 0.918. The summed E-state index contributed by atoms with van der Waals surface area (Å²) in [5.41, 5.74) is 0. The molecule has 0 rings (SSSR count). The highest BCUT2D eigenvalue weighted by atomic mass is 15.1. The average Bonchev–Trinajstić information content (AvgIpc) is 2.72. The Bertz CT molecular complexity index is 301. The zero-order chi connectivity index (χ0) is 21.6. The smallest absolute Gasteiger partial charge is 0.000977 e. The third kappa shape index (κ3) is 18.4. The zero-order valence-corrected chi connectivity index (χ0v) is 21.5. The van der Waals surface area contributed by atoms with E-state index in [2.05, 4.69) is 39.5 Å². The molecule has 0 fully saturated rings. The van der Waals surface area contributed by atoms with E-state index in [0.29, 0.717) is 0 Å². The van der Waals surface area contributed by atoms with Crippen LogP contribution in [0.5, 0.6) is 0 Å². The number of unbranched alkanes of at least 4 members (excludes halogenated alkanes) is 10. The number of nitrogens with zero attached hydrogens (tertiary/aromatic N) is 1. The lowest BCUT2D eigenvalue weighted by Crippen LogP contribution is -2.35. The lowest BCUT2D eigenvalue weighted by molar-refractivity contribution is 0.175. The first-order valence-electron chi connectivity index (χ1n) is 13.9. The fourth-order valence-corrected chi connectivity index (χ4v) is 4.79. The topological polar surface area (TPSA) is 3.24 Å². The first-order valence-corrected chi connectivity index (χ1v) is 13.9. The van der Waals surface area contributed by atoms with E-state index in [9.17, 15) is 0 Å². The van der Waals surface area contributed by atoms with Crippen LogP contribution >= 0.6 is 0 Å². The zero-order valence-electron chi connectivity index (χ0n) is 21.5. The van der Waals surface area contributed by atoms with Crippen LogP contribution in [0.1, 0.15) is 150 Å². The van der Waals surface area contributed by atoms with Gasteiger partial charge in [0.05, 0.1) is 0 Å². The van der Waals surface area contributed by atoms with Gasteiger partial charge in [-0.2, -0.15) is 0 Å². The molecule has 2 unspecified atom stereocenters. The second-order valence-corrected chi connectivity index (χ2v) is 9.80. The van der Waals surface area contributed by atoms with Gasteiger partial charge in [-0.15, -0.1) is 0 Å². The van der Waals surface area contributed by atoms with Crippen molar-refractivity contribution in [3.8, 4) is 0 Å². The van der Waals surface area contributed by atoms with Crippen molar-refractivity contribution in [2.75, 3.05) is 19.6 Å². The molecule has 0 radical (unpaired) electrons. The molecule has 1 nitrogen and oxygen atoms in total. The average molecular weight is 410 g/mol. The van der Waals surface area contributed by atoms with E-state index in [-0.39, 0.29) is 0 Å². The van der Waals surface area contributed by atoms with Crippen molar-refractivity contribution in [2.45, 2.75) is 150 Å². The predicted octanol–water partition coefficient (Wildman–Crippen LogP) is 9.64. The molecule has 29 heavy (non-hydrogen) atoms. The van der Waals surface area contributed by atoms with Crippen molar-refractivity contribution in [1.82, 2.24) is 4.90 Å². The molecule has 0 spiro atoms. The molecular formula is C28H59N. The lowest BCUT2D eigenvalue weighted by atomic mass is 9.94. The molecule has 0 amide bonds. The summed E-state index contributed by atoms with van der Waals surface area (Å²) in [5.74, 6) is 1.85. The highest BCUT2D eigenvalue weighted by molar-refractivity contribution is 4.71. The summed E-state index contributed by atoms with van der Waals surface area (Å²) in [7, 11) is 0. The van der Waals surface area contributed by atoms with Crippen LogP contribution in [0, 0.1) is 11.8 Å². The van der Waals surface area contributed by atoms with Crippen LogP contribution in [0.2, 0.25) is 0 Å². The second-order valence-electron chi connectivity index (χ2n) is 9.80. The van der Waals surface area contributed by atoms with E-state index >= 15 is 0 Å². The lowest BCUT2D eigenvalue weighted by Gasteiger charge is -2.31.